The molecule has 1 aromatic heterocycles. The molecular formula is C29H34N2O7S. The molecule has 0 radical (unpaired) electrons. The summed E-state index contributed by atoms with van der Waals surface area (Å²) in [5.41, 5.74) is 4.78. The fourth-order valence-corrected chi connectivity index (χ4v) is 5.53. The first-order valence-corrected chi connectivity index (χ1v) is 14.3. The Morgan fingerprint density at radius 1 is 1.08 bits per heavy atom. The Balaban J connectivity index is 0.000000270. The zero-order valence-electron chi connectivity index (χ0n) is 22.5. The molecule has 1 aliphatic heterocycles. The largest absolute Gasteiger partial charge is 0.493 e. The van der Waals surface area contributed by atoms with Gasteiger partial charge in [0.15, 0.2) is 11.5 Å². The third kappa shape index (κ3) is 6.41. The van der Waals surface area contributed by atoms with Gasteiger partial charge in [-0.25, -0.2) is 0 Å². The molecule has 2 heterocycles. The number of ether oxygens (including phenoxy) is 2. The Labute approximate surface area is 228 Å². The zero-order chi connectivity index (χ0) is 28.3. The number of hydrogen-bond acceptors (Lipinski definition) is 7. The van der Waals surface area contributed by atoms with E-state index >= 15 is 0 Å². The van der Waals surface area contributed by atoms with Crippen molar-refractivity contribution in [3.8, 4) is 11.5 Å². The molecule has 0 spiro atoms. The molecule has 2 aromatic carbocycles. The van der Waals surface area contributed by atoms with Gasteiger partial charge in [-0.2, -0.15) is 8.42 Å². The molecule has 2 aliphatic rings. The third-order valence-electron chi connectivity index (χ3n) is 7.05. The molecule has 5 rings (SSSR count). The minimum Gasteiger partial charge on any atom is -0.493 e. The lowest BCUT2D eigenvalue weighted by Gasteiger charge is -2.37. The summed E-state index contributed by atoms with van der Waals surface area (Å²) in [5.74, 6) is 1.53. The van der Waals surface area contributed by atoms with Crippen molar-refractivity contribution in [1.29, 1.82) is 0 Å². The SMILES string of the molecule is CCOc1cc2c(cc1OC)C(c1ccc(=O)n(C)c1)=N[C@@H]1CC[C@@H](O)C[C@H]21.Cc1ccc(S(=O)(=O)O)cc1. The van der Waals surface area contributed by atoms with Crippen molar-refractivity contribution in [3.05, 3.63) is 87.3 Å². The van der Waals surface area contributed by atoms with Crippen LogP contribution in [0.15, 0.2) is 69.4 Å². The summed E-state index contributed by atoms with van der Waals surface area (Å²) in [6, 6.07) is 13.5. The van der Waals surface area contributed by atoms with Crippen LogP contribution in [0.1, 0.15) is 54.4 Å². The van der Waals surface area contributed by atoms with Crippen molar-refractivity contribution < 1.29 is 27.6 Å². The van der Waals surface area contributed by atoms with E-state index in [0.29, 0.717) is 24.5 Å². The number of aliphatic imine (C=N–C) groups is 1. The molecular weight excluding hydrogens is 520 g/mol. The Morgan fingerprint density at radius 2 is 1.79 bits per heavy atom. The van der Waals surface area contributed by atoms with Crippen molar-refractivity contribution in [2.45, 2.75) is 56.1 Å². The van der Waals surface area contributed by atoms with Crippen molar-refractivity contribution >= 4 is 15.8 Å². The molecule has 1 saturated carbocycles. The Hall–Kier alpha value is -3.47. The predicted octanol–water partition coefficient (Wildman–Crippen LogP) is 3.88. The highest BCUT2D eigenvalue weighted by atomic mass is 32.2. The first kappa shape index (κ1) is 28.5. The van der Waals surface area contributed by atoms with Crippen LogP contribution in [0.25, 0.3) is 0 Å². The zero-order valence-corrected chi connectivity index (χ0v) is 23.3. The van der Waals surface area contributed by atoms with Gasteiger partial charge in [0, 0.05) is 36.4 Å². The summed E-state index contributed by atoms with van der Waals surface area (Å²) in [7, 11) is -0.647. The van der Waals surface area contributed by atoms with Crippen molar-refractivity contribution in [2.75, 3.05) is 13.7 Å². The van der Waals surface area contributed by atoms with E-state index in [9.17, 15) is 18.3 Å². The highest BCUT2D eigenvalue weighted by Crippen LogP contribution is 2.44. The minimum atomic E-state index is -4.02. The van der Waals surface area contributed by atoms with Gasteiger partial charge in [-0.3, -0.25) is 14.3 Å². The lowest BCUT2D eigenvalue weighted by molar-refractivity contribution is 0.111. The van der Waals surface area contributed by atoms with Gasteiger partial charge in [-0.05, 0) is 69.0 Å². The van der Waals surface area contributed by atoms with E-state index in [4.69, 9.17) is 19.0 Å². The topological polar surface area (TPSA) is 127 Å². The number of nitrogens with zero attached hydrogens (tertiary/aromatic N) is 2. The van der Waals surface area contributed by atoms with Gasteiger partial charge in [0.25, 0.3) is 10.1 Å². The molecule has 10 heteroatoms. The van der Waals surface area contributed by atoms with Gasteiger partial charge in [0.2, 0.25) is 5.56 Å². The van der Waals surface area contributed by atoms with E-state index in [0.717, 1.165) is 40.8 Å². The van der Waals surface area contributed by atoms with E-state index < -0.39 is 10.1 Å². The standard InChI is InChI=1S/C22H26N2O4.C7H8O3S/c1-4-28-20-10-15-16-9-14(25)6-7-18(16)23-22(17(15)11-19(20)27-3)13-5-8-21(26)24(2)12-13;1-6-2-4-7(5-3-6)11(8,9)10/h5,8,10-12,14,16,18,25H,4,6-7,9H2,1-3H3;2-5H,1H3,(H,8,9,10)/t14-,16-,18-;/m1./s1. The number of pyridine rings is 1. The van der Waals surface area contributed by atoms with E-state index in [2.05, 4.69) is 0 Å². The van der Waals surface area contributed by atoms with Gasteiger partial charge >= 0.3 is 0 Å². The lowest BCUT2D eigenvalue weighted by Crippen LogP contribution is -2.34. The molecule has 1 aliphatic carbocycles. The van der Waals surface area contributed by atoms with Crippen LogP contribution in [0.3, 0.4) is 0 Å². The van der Waals surface area contributed by atoms with Gasteiger partial charge < -0.3 is 19.1 Å². The van der Waals surface area contributed by atoms with Crippen molar-refractivity contribution in [2.24, 2.45) is 12.0 Å². The fraction of sp³-hybridized carbons (Fsp3) is 0.379. The highest BCUT2D eigenvalue weighted by molar-refractivity contribution is 7.85. The Kier molecular flexibility index (Phi) is 8.58. The number of methoxy groups -OCH3 is 1. The smallest absolute Gasteiger partial charge is 0.294 e. The van der Waals surface area contributed by atoms with E-state index in [-0.39, 0.29) is 28.5 Å². The van der Waals surface area contributed by atoms with Crippen LogP contribution in [0.2, 0.25) is 0 Å². The van der Waals surface area contributed by atoms with Crippen molar-refractivity contribution in [1.82, 2.24) is 4.57 Å². The van der Waals surface area contributed by atoms with E-state index in [1.54, 1.807) is 36.9 Å². The number of rotatable bonds is 5. The molecule has 3 atom stereocenters. The summed E-state index contributed by atoms with van der Waals surface area (Å²) in [6.45, 7) is 4.34. The third-order valence-corrected chi connectivity index (χ3v) is 7.92. The van der Waals surface area contributed by atoms with Gasteiger partial charge in [-0.15, -0.1) is 0 Å². The molecule has 0 amide bonds. The monoisotopic (exact) mass is 554 g/mol. The number of benzene rings is 2. The summed E-state index contributed by atoms with van der Waals surface area (Å²) in [6.07, 6.45) is 3.82. The molecule has 208 valence electrons. The maximum atomic E-state index is 11.8. The molecule has 3 aromatic rings. The second-order valence-electron chi connectivity index (χ2n) is 9.80. The van der Waals surface area contributed by atoms with E-state index in [1.807, 2.05) is 38.2 Å². The quantitative estimate of drug-likeness (QED) is 0.458. The molecule has 0 bridgehead atoms. The van der Waals surface area contributed by atoms with Crippen LogP contribution in [-0.2, 0) is 17.2 Å². The van der Waals surface area contributed by atoms with Crippen molar-refractivity contribution in [3.63, 3.8) is 0 Å². The second-order valence-corrected chi connectivity index (χ2v) is 11.2. The molecule has 0 unspecified atom stereocenters. The van der Waals surface area contributed by atoms with Crippen LogP contribution in [0.4, 0.5) is 0 Å². The molecule has 39 heavy (non-hydrogen) atoms. The van der Waals surface area contributed by atoms with Crippen LogP contribution < -0.4 is 15.0 Å². The maximum absolute atomic E-state index is 11.8. The van der Waals surface area contributed by atoms with Crippen LogP contribution in [0, 0.1) is 6.92 Å². The number of aliphatic hydroxyl groups is 1. The Morgan fingerprint density at radius 3 is 2.41 bits per heavy atom. The van der Waals surface area contributed by atoms with Gasteiger partial charge in [-0.1, -0.05) is 17.7 Å². The first-order valence-electron chi connectivity index (χ1n) is 12.8. The average molecular weight is 555 g/mol. The normalized spacial score (nSPS) is 20.1. The first-order chi connectivity index (χ1) is 18.5. The van der Waals surface area contributed by atoms with E-state index in [1.165, 1.54) is 12.1 Å². The summed E-state index contributed by atoms with van der Waals surface area (Å²) >= 11 is 0. The van der Waals surface area contributed by atoms with Crippen LogP contribution in [-0.4, -0.2) is 54.2 Å². The maximum Gasteiger partial charge on any atom is 0.294 e. The van der Waals surface area contributed by atoms with Gasteiger partial charge in [0.05, 0.1) is 36.5 Å². The average Bonchev–Trinajstić information content (AvgIpc) is 2.90. The highest BCUT2D eigenvalue weighted by Gasteiger charge is 2.37. The molecule has 9 nitrogen and oxygen atoms in total. The lowest BCUT2D eigenvalue weighted by atomic mass is 9.74. The second kappa shape index (κ2) is 11.7. The Bertz CT molecular complexity index is 1530. The number of fused-ring (bicyclic) bond motifs is 3. The molecule has 0 saturated heterocycles. The number of aromatic nitrogens is 1. The molecule has 1 fully saturated rings. The fourth-order valence-electron chi connectivity index (χ4n) is 5.05. The number of aryl methyl sites for hydroxylation is 2. The summed E-state index contributed by atoms with van der Waals surface area (Å²) in [5, 5.41) is 10.3. The minimum absolute atomic E-state index is 0.0525. The predicted molar refractivity (Wildman–Crippen MR) is 149 cm³/mol. The van der Waals surface area contributed by atoms with Crippen LogP contribution in [0.5, 0.6) is 11.5 Å². The summed E-state index contributed by atoms with van der Waals surface area (Å²) in [4.78, 5) is 16.8. The number of hydrogen-bond donors (Lipinski definition) is 2. The van der Waals surface area contributed by atoms with Crippen LogP contribution >= 0.6 is 0 Å². The summed E-state index contributed by atoms with van der Waals surface area (Å²) < 4.78 is 42.5. The number of aliphatic hydroxyl groups excluding tert-OH is 1. The van der Waals surface area contributed by atoms with Gasteiger partial charge in [0.1, 0.15) is 0 Å². The molecule has 2 N–H and O–H groups in total.